The van der Waals surface area contributed by atoms with Crippen LogP contribution in [0.3, 0.4) is 0 Å². The van der Waals surface area contributed by atoms with Crippen molar-refractivity contribution in [2.75, 3.05) is 39.9 Å². The van der Waals surface area contributed by atoms with E-state index in [1.165, 1.54) is 22.0 Å². The van der Waals surface area contributed by atoms with Crippen molar-refractivity contribution in [3.05, 3.63) is 63.4 Å². The number of hydrogen-bond donors (Lipinski definition) is 0. The van der Waals surface area contributed by atoms with Gasteiger partial charge in [-0.3, -0.25) is 19.1 Å². The van der Waals surface area contributed by atoms with Gasteiger partial charge in [0.1, 0.15) is 17.5 Å². The average molecular weight is 439 g/mol. The number of methoxy groups -OCH3 is 1. The Kier molecular flexibility index (Phi) is 6.72. The van der Waals surface area contributed by atoms with Gasteiger partial charge >= 0.3 is 0 Å². The molecule has 0 atom stereocenters. The van der Waals surface area contributed by atoms with Crippen LogP contribution in [0.1, 0.15) is 33.7 Å². The number of hydrogen-bond acceptors (Lipinski definition) is 6. The van der Waals surface area contributed by atoms with Crippen LogP contribution < -0.4 is 5.56 Å². The number of piperazine rings is 1. The van der Waals surface area contributed by atoms with Gasteiger partial charge in [-0.25, -0.2) is 4.98 Å². The highest BCUT2D eigenvalue weighted by atomic mass is 16.5. The number of furan rings is 1. The summed E-state index contributed by atoms with van der Waals surface area (Å²) in [6.07, 6.45) is 2.16. The van der Waals surface area contributed by atoms with E-state index in [0.29, 0.717) is 44.0 Å². The third-order valence-electron chi connectivity index (χ3n) is 5.96. The lowest BCUT2D eigenvalue weighted by molar-refractivity contribution is 0.0628. The number of amides is 1. The standard InChI is InChI=1S/C24H30N4O4/c1-17-6-4-7-19(14-17)15-26-9-11-27(12-10-26)23(29)20-18(2)32-22-21(20)24(30)28(16-25-22)8-5-13-31-3/h4,6-7,14,16H,5,8-13,15H2,1-3H3. The summed E-state index contributed by atoms with van der Waals surface area (Å²) >= 11 is 0. The predicted molar refractivity (Wildman–Crippen MR) is 122 cm³/mol. The summed E-state index contributed by atoms with van der Waals surface area (Å²) in [5, 5.41) is 0.273. The maximum Gasteiger partial charge on any atom is 0.265 e. The Balaban J connectivity index is 1.49. The third-order valence-corrected chi connectivity index (χ3v) is 5.96. The quantitative estimate of drug-likeness (QED) is 0.528. The monoisotopic (exact) mass is 438 g/mol. The molecule has 0 bridgehead atoms. The zero-order valence-corrected chi connectivity index (χ0v) is 19.0. The van der Waals surface area contributed by atoms with Crippen molar-refractivity contribution >= 4 is 17.0 Å². The molecule has 0 unspecified atom stereocenters. The van der Waals surface area contributed by atoms with Crippen LogP contribution in [0.2, 0.25) is 0 Å². The SMILES string of the molecule is COCCCn1cnc2oc(C)c(C(=O)N3CCN(Cc4cccc(C)c4)CC3)c2c1=O. The smallest absolute Gasteiger partial charge is 0.265 e. The molecule has 0 aliphatic carbocycles. The molecule has 0 N–H and O–H groups in total. The van der Waals surface area contributed by atoms with E-state index in [1.807, 2.05) is 4.90 Å². The number of rotatable bonds is 7. The van der Waals surface area contributed by atoms with Gasteiger partial charge in [0.25, 0.3) is 11.5 Å². The Morgan fingerprint density at radius 1 is 1.19 bits per heavy atom. The van der Waals surface area contributed by atoms with E-state index in [0.717, 1.165) is 19.6 Å². The van der Waals surface area contributed by atoms with Gasteiger partial charge in [-0.2, -0.15) is 0 Å². The number of aryl methyl sites for hydroxylation is 3. The van der Waals surface area contributed by atoms with E-state index < -0.39 is 0 Å². The fourth-order valence-electron chi connectivity index (χ4n) is 4.27. The third kappa shape index (κ3) is 4.61. The summed E-state index contributed by atoms with van der Waals surface area (Å²) < 4.78 is 12.3. The number of nitrogens with zero attached hydrogens (tertiary/aromatic N) is 4. The molecule has 0 radical (unpaired) electrons. The Bertz CT molecular complexity index is 1160. The maximum atomic E-state index is 13.4. The molecule has 0 spiro atoms. The summed E-state index contributed by atoms with van der Waals surface area (Å²) in [7, 11) is 1.63. The van der Waals surface area contributed by atoms with Crippen molar-refractivity contribution in [3.8, 4) is 0 Å². The molecule has 8 heteroatoms. The van der Waals surface area contributed by atoms with E-state index in [2.05, 4.69) is 41.1 Å². The predicted octanol–water partition coefficient (Wildman–Crippen LogP) is 2.60. The summed E-state index contributed by atoms with van der Waals surface area (Å²) in [5.74, 6) is 0.274. The molecular weight excluding hydrogens is 408 g/mol. The van der Waals surface area contributed by atoms with Crippen LogP contribution in [0, 0.1) is 13.8 Å². The second-order valence-electron chi connectivity index (χ2n) is 8.36. The molecule has 1 fully saturated rings. The summed E-state index contributed by atoms with van der Waals surface area (Å²) in [5.41, 5.74) is 2.84. The zero-order chi connectivity index (χ0) is 22.7. The van der Waals surface area contributed by atoms with Gasteiger partial charge in [0.2, 0.25) is 5.71 Å². The molecular formula is C24H30N4O4. The largest absolute Gasteiger partial charge is 0.442 e. The van der Waals surface area contributed by atoms with Crippen LogP contribution in [0.25, 0.3) is 11.1 Å². The van der Waals surface area contributed by atoms with E-state index in [1.54, 1.807) is 14.0 Å². The van der Waals surface area contributed by atoms with Crippen molar-refractivity contribution in [1.29, 1.82) is 0 Å². The minimum Gasteiger partial charge on any atom is -0.442 e. The number of ether oxygens (including phenoxy) is 1. The second-order valence-corrected chi connectivity index (χ2v) is 8.36. The molecule has 32 heavy (non-hydrogen) atoms. The zero-order valence-electron chi connectivity index (χ0n) is 19.0. The van der Waals surface area contributed by atoms with Crippen LogP contribution in [0.15, 0.2) is 39.8 Å². The second kappa shape index (κ2) is 9.67. The molecule has 1 aliphatic heterocycles. The first-order chi connectivity index (χ1) is 15.5. The van der Waals surface area contributed by atoms with Gasteiger partial charge in [-0.05, 0) is 25.8 Å². The van der Waals surface area contributed by atoms with Gasteiger partial charge in [0, 0.05) is 53.0 Å². The van der Waals surface area contributed by atoms with Gasteiger partial charge in [0.15, 0.2) is 0 Å². The number of fused-ring (bicyclic) bond motifs is 1. The molecule has 1 aliphatic rings. The van der Waals surface area contributed by atoms with Gasteiger partial charge < -0.3 is 14.1 Å². The fourth-order valence-corrected chi connectivity index (χ4v) is 4.27. The first kappa shape index (κ1) is 22.2. The molecule has 170 valence electrons. The maximum absolute atomic E-state index is 13.4. The van der Waals surface area contributed by atoms with Gasteiger partial charge in [-0.15, -0.1) is 0 Å². The Morgan fingerprint density at radius 3 is 2.69 bits per heavy atom. The molecule has 3 heterocycles. The Hall–Kier alpha value is -2.97. The lowest BCUT2D eigenvalue weighted by Gasteiger charge is -2.34. The van der Waals surface area contributed by atoms with Crippen molar-refractivity contribution in [2.45, 2.75) is 33.4 Å². The topological polar surface area (TPSA) is 80.8 Å². The van der Waals surface area contributed by atoms with Crippen LogP contribution in [-0.2, 0) is 17.8 Å². The van der Waals surface area contributed by atoms with Crippen LogP contribution >= 0.6 is 0 Å². The lowest BCUT2D eigenvalue weighted by atomic mass is 10.1. The lowest BCUT2D eigenvalue weighted by Crippen LogP contribution is -2.48. The van der Waals surface area contributed by atoms with Crippen molar-refractivity contribution in [3.63, 3.8) is 0 Å². The first-order valence-electron chi connectivity index (χ1n) is 11.0. The number of carbonyl (C=O) groups is 1. The Morgan fingerprint density at radius 2 is 1.97 bits per heavy atom. The van der Waals surface area contributed by atoms with E-state index in [4.69, 9.17) is 9.15 Å². The minimum absolute atomic E-state index is 0.162. The Labute approximate surface area is 187 Å². The van der Waals surface area contributed by atoms with Crippen molar-refractivity contribution < 1.29 is 13.9 Å². The highest BCUT2D eigenvalue weighted by molar-refractivity contribution is 6.06. The average Bonchev–Trinajstić information content (AvgIpc) is 3.12. The van der Waals surface area contributed by atoms with Crippen LogP contribution in [-0.4, -0.2) is 65.2 Å². The molecule has 1 aromatic carbocycles. The minimum atomic E-state index is -0.246. The van der Waals surface area contributed by atoms with Crippen LogP contribution in [0.5, 0.6) is 0 Å². The van der Waals surface area contributed by atoms with Crippen molar-refractivity contribution in [1.82, 2.24) is 19.4 Å². The summed E-state index contributed by atoms with van der Waals surface area (Å²) in [6.45, 7) is 8.50. The molecule has 8 nitrogen and oxygen atoms in total. The molecule has 2 aromatic heterocycles. The normalized spacial score (nSPS) is 14.9. The number of carbonyl (C=O) groups excluding carboxylic acids is 1. The highest BCUT2D eigenvalue weighted by Gasteiger charge is 2.29. The summed E-state index contributed by atoms with van der Waals surface area (Å²) in [4.78, 5) is 34.9. The first-order valence-corrected chi connectivity index (χ1v) is 11.0. The van der Waals surface area contributed by atoms with Gasteiger partial charge in [0.05, 0.1) is 5.56 Å². The molecule has 3 aromatic rings. The van der Waals surface area contributed by atoms with Crippen LogP contribution in [0.4, 0.5) is 0 Å². The van der Waals surface area contributed by atoms with Crippen molar-refractivity contribution in [2.24, 2.45) is 0 Å². The van der Waals surface area contributed by atoms with E-state index in [-0.39, 0.29) is 22.6 Å². The van der Waals surface area contributed by atoms with E-state index >= 15 is 0 Å². The molecule has 0 saturated carbocycles. The molecule has 1 amide bonds. The summed E-state index contributed by atoms with van der Waals surface area (Å²) in [6, 6.07) is 8.50. The van der Waals surface area contributed by atoms with Gasteiger partial charge in [-0.1, -0.05) is 29.8 Å². The fraction of sp³-hybridized carbons (Fsp3) is 0.458. The number of aromatic nitrogens is 2. The molecule has 1 saturated heterocycles. The molecule has 4 rings (SSSR count). The van der Waals surface area contributed by atoms with E-state index in [9.17, 15) is 9.59 Å². The highest BCUT2D eigenvalue weighted by Crippen LogP contribution is 2.23. The number of benzene rings is 1.